The second-order valence-corrected chi connectivity index (χ2v) is 4.93. The zero-order valence-electron chi connectivity index (χ0n) is 11.3. The van der Waals surface area contributed by atoms with E-state index in [9.17, 15) is 9.59 Å². The van der Waals surface area contributed by atoms with Crippen LogP contribution in [0.2, 0.25) is 0 Å². The molecule has 0 saturated carbocycles. The van der Waals surface area contributed by atoms with Gasteiger partial charge in [-0.25, -0.2) is 15.9 Å². The molecule has 0 saturated heterocycles. The van der Waals surface area contributed by atoms with Crippen molar-refractivity contribution in [3.63, 3.8) is 0 Å². The smallest absolute Gasteiger partial charge is 0.271 e. The maximum atomic E-state index is 11.9. The maximum absolute atomic E-state index is 11.9. The Hall–Kier alpha value is -2.84. The summed E-state index contributed by atoms with van der Waals surface area (Å²) in [6, 6.07) is 6.61. The van der Waals surface area contributed by atoms with Crippen LogP contribution >= 0.6 is 11.3 Å². The van der Waals surface area contributed by atoms with Crippen LogP contribution in [0.1, 0.15) is 20.9 Å². The summed E-state index contributed by atoms with van der Waals surface area (Å²) >= 11 is 1.41. The highest BCUT2D eigenvalue weighted by molar-refractivity contribution is 7.11. The summed E-state index contributed by atoms with van der Waals surface area (Å²) in [7, 11) is 0. The van der Waals surface area contributed by atoms with Gasteiger partial charge in [0.2, 0.25) is 0 Å². The first kappa shape index (κ1) is 15.5. The van der Waals surface area contributed by atoms with Crippen LogP contribution in [0, 0.1) is 0 Å². The molecule has 112 valence electrons. The van der Waals surface area contributed by atoms with E-state index in [1.807, 2.05) is 5.38 Å². The van der Waals surface area contributed by atoms with Gasteiger partial charge >= 0.3 is 0 Å². The number of amides is 2. The number of rotatable bonds is 5. The number of hydrogen-bond donors (Lipinski definition) is 3. The van der Waals surface area contributed by atoms with E-state index in [-0.39, 0.29) is 5.91 Å². The average molecular weight is 316 g/mol. The molecular weight excluding hydrogens is 304 g/mol. The highest BCUT2D eigenvalue weighted by Crippen LogP contribution is 2.07. The van der Waals surface area contributed by atoms with Gasteiger partial charge in [0.15, 0.2) is 0 Å². The Bertz CT molecular complexity index is 711. The molecule has 0 bridgehead atoms. The van der Waals surface area contributed by atoms with Crippen molar-refractivity contribution in [3.8, 4) is 0 Å². The molecule has 1 aromatic carbocycles. The lowest BCUT2D eigenvalue weighted by Crippen LogP contribution is -2.17. The summed E-state index contributed by atoms with van der Waals surface area (Å²) in [5, 5.41) is 14.7. The van der Waals surface area contributed by atoms with Gasteiger partial charge in [-0.15, -0.1) is 11.3 Å². The second-order valence-electron chi connectivity index (χ2n) is 4.00. The van der Waals surface area contributed by atoms with Gasteiger partial charge in [-0.3, -0.25) is 14.8 Å². The van der Waals surface area contributed by atoms with E-state index in [0.717, 1.165) is 6.08 Å². The van der Waals surface area contributed by atoms with Crippen LogP contribution in [0.15, 0.2) is 47.0 Å². The van der Waals surface area contributed by atoms with Gasteiger partial charge < -0.3 is 0 Å². The monoisotopic (exact) mass is 316 g/mol. The Balaban J connectivity index is 2.00. The minimum atomic E-state index is -0.650. The van der Waals surface area contributed by atoms with Crippen LogP contribution < -0.4 is 10.9 Å². The van der Waals surface area contributed by atoms with Crippen molar-refractivity contribution in [1.82, 2.24) is 15.9 Å². The van der Waals surface area contributed by atoms with Crippen molar-refractivity contribution in [2.45, 2.75) is 0 Å². The summed E-state index contributed by atoms with van der Waals surface area (Å²) in [4.78, 5) is 26.8. The van der Waals surface area contributed by atoms with Gasteiger partial charge in [-0.2, -0.15) is 5.10 Å². The van der Waals surface area contributed by atoms with Crippen LogP contribution in [-0.2, 0) is 4.79 Å². The number of nitrogens with one attached hydrogen (secondary N) is 2. The molecule has 3 N–H and O–H groups in total. The number of benzene rings is 1. The molecule has 0 aliphatic carbocycles. The molecule has 22 heavy (non-hydrogen) atoms. The number of carbonyl (C=O) groups is 2. The number of thiazole rings is 1. The molecule has 8 heteroatoms. The van der Waals surface area contributed by atoms with Crippen molar-refractivity contribution in [2.75, 3.05) is 0 Å². The molecule has 1 aromatic heterocycles. The molecule has 0 unspecified atom stereocenters. The van der Waals surface area contributed by atoms with Crippen molar-refractivity contribution >= 4 is 35.4 Å². The summed E-state index contributed by atoms with van der Waals surface area (Å²) in [6.07, 6.45) is 5.73. The Morgan fingerprint density at radius 1 is 1.36 bits per heavy atom. The standard InChI is InChI=1S/C14H12N4O3S/c19-12(18-21)5-4-10-2-1-3-11(8-10)14(20)17-16-9-13-15-6-7-22-13/h1-9,21H,(H,17,20)(H,18,19)/b5-4+,16-9+. The molecule has 0 fully saturated rings. The van der Waals surface area contributed by atoms with E-state index < -0.39 is 5.91 Å². The van der Waals surface area contributed by atoms with Gasteiger partial charge in [0.25, 0.3) is 11.8 Å². The Morgan fingerprint density at radius 3 is 2.95 bits per heavy atom. The van der Waals surface area contributed by atoms with Crippen molar-refractivity contribution in [3.05, 3.63) is 58.1 Å². The third-order valence-corrected chi connectivity index (χ3v) is 3.19. The molecular formula is C14H12N4O3S. The van der Waals surface area contributed by atoms with Crippen molar-refractivity contribution < 1.29 is 14.8 Å². The molecule has 7 nitrogen and oxygen atoms in total. The van der Waals surface area contributed by atoms with Crippen LogP contribution in [0.3, 0.4) is 0 Å². The molecule has 2 rings (SSSR count). The summed E-state index contributed by atoms with van der Waals surface area (Å²) in [5.74, 6) is -1.03. The maximum Gasteiger partial charge on any atom is 0.271 e. The average Bonchev–Trinajstić information content (AvgIpc) is 3.06. The number of hydrogen-bond acceptors (Lipinski definition) is 6. The van der Waals surface area contributed by atoms with Gasteiger partial charge in [-0.05, 0) is 23.8 Å². The first-order valence-corrected chi connectivity index (χ1v) is 7.02. The minimum Gasteiger partial charge on any atom is -0.288 e. The van der Waals surface area contributed by atoms with Gasteiger partial charge in [0.1, 0.15) is 5.01 Å². The van der Waals surface area contributed by atoms with Crippen LogP contribution in [0.25, 0.3) is 6.08 Å². The SMILES string of the molecule is O=C(/C=C/c1cccc(C(=O)N/N=C/c2nccs2)c1)NO. The molecule has 0 aliphatic rings. The van der Waals surface area contributed by atoms with E-state index in [2.05, 4.69) is 15.5 Å². The number of nitrogens with zero attached hydrogens (tertiary/aromatic N) is 2. The molecule has 0 spiro atoms. The van der Waals surface area contributed by atoms with Gasteiger partial charge in [0.05, 0.1) is 6.21 Å². The molecule has 0 radical (unpaired) electrons. The predicted molar refractivity (Wildman–Crippen MR) is 82.6 cm³/mol. The Kier molecular flexibility index (Phi) is 5.52. The van der Waals surface area contributed by atoms with Gasteiger partial charge in [0, 0.05) is 23.2 Å². The lowest BCUT2D eigenvalue weighted by Gasteiger charge is -2.01. The lowest BCUT2D eigenvalue weighted by molar-refractivity contribution is -0.124. The first-order valence-electron chi connectivity index (χ1n) is 6.14. The summed E-state index contributed by atoms with van der Waals surface area (Å²) in [5.41, 5.74) is 4.91. The van der Waals surface area contributed by atoms with E-state index in [4.69, 9.17) is 5.21 Å². The van der Waals surface area contributed by atoms with E-state index in [1.165, 1.54) is 29.1 Å². The fraction of sp³-hybridized carbons (Fsp3) is 0. The van der Waals surface area contributed by atoms with E-state index >= 15 is 0 Å². The Morgan fingerprint density at radius 2 is 2.23 bits per heavy atom. The third-order valence-electron chi connectivity index (χ3n) is 2.48. The molecule has 2 amide bonds. The summed E-state index contributed by atoms with van der Waals surface area (Å²) in [6.45, 7) is 0. The van der Waals surface area contributed by atoms with Gasteiger partial charge in [-0.1, -0.05) is 12.1 Å². The van der Waals surface area contributed by atoms with Crippen molar-refractivity contribution in [2.24, 2.45) is 5.10 Å². The highest BCUT2D eigenvalue weighted by atomic mass is 32.1. The molecule has 0 aliphatic heterocycles. The normalized spacial score (nSPS) is 11.0. The molecule has 1 heterocycles. The molecule has 0 atom stereocenters. The molecule has 2 aromatic rings. The zero-order chi connectivity index (χ0) is 15.8. The van der Waals surface area contributed by atoms with E-state index in [0.29, 0.717) is 16.1 Å². The number of hydrazone groups is 1. The van der Waals surface area contributed by atoms with Crippen LogP contribution in [-0.4, -0.2) is 28.2 Å². The second kappa shape index (κ2) is 7.81. The first-order chi connectivity index (χ1) is 10.7. The largest absolute Gasteiger partial charge is 0.288 e. The fourth-order valence-electron chi connectivity index (χ4n) is 1.50. The minimum absolute atomic E-state index is 0.380. The lowest BCUT2D eigenvalue weighted by atomic mass is 10.1. The fourth-order valence-corrected chi connectivity index (χ4v) is 2.00. The zero-order valence-corrected chi connectivity index (χ0v) is 12.1. The highest BCUT2D eigenvalue weighted by Gasteiger charge is 2.04. The summed E-state index contributed by atoms with van der Waals surface area (Å²) < 4.78 is 0. The Labute approximate surface area is 130 Å². The topological polar surface area (TPSA) is 104 Å². The van der Waals surface area contributed by atoms with Crippen molar-refractivity contribution in [1.29, 1.82) is 0 Å². The predicted octanol–water partition coefficient (Wildman–Crippen LogP) is 1.43. The quantitative estimate of drug-likeness (QED) is 0.336. The van der Waals surface area contributed by atoms with E-state index in [1.54, 1.807) is 30.5 Å². The van der Waals surface area contributed by atoms with Crippen LogP contribution in [0.5, 0.6) is 0 Å². The number of carbonyl (C=O) groups excluding carboxylic acids is 2. The van der Waals surface area contributed by atoms with Crippen LogP contribution in [0.4, 0.5) is 0 Å². The number of hydroxylamine groups is 1. The third kappa shape index (κ3) is 4.62. The number of aromatic nitrogens is 1.